The Morgan fingerprint density at radius 2 is 1.96 bits per heavy atom. The molecule has 0 aliphatic heterocycles. The van der Waals surface area contributed by atoms with E-state index in [1.54, 1.807) is 19.1 Å². The number of carboxylic acid groups (broad SMARTS) is 1. The molecule has 0 heterocycles. The minimum absolute atomic E-state index is 0.0750. The molecule has 2 aromatic carbocycles. The molecule has 0 aliphatic carbocycles. The van der Waals surface area contributed by atoms with Crippen LogP contribution in [0.4, 0.5) is 10.1 Å². The molecule has 2 aromatic rings. The first-order valence-electron chi connectivity index (χ1n) is 7.85. The lowest BCUT2D eigenvalue weighted by molar-refractivity contribution is -0.137. The first-order chi connectivity index (χ1) is 11.1. The van der Waals surface area contributed by atoms with Gasteiger partial charge in [-0.15, -0.1) is 0 Å². The molecule has 1 atom stereocenters. The number of halogens is 1. The SMILES string of the molecule is CC(CC(=O)O)c1cc(NCCCc2ccccc2)ccc1F. The van der Waals surface area contributed by atoms with Gasteiger partial charge in [-0.1, -0.05) is 37.3 Å². The maximum absolute atomic E-state index is 13.9. The largest absolute Gasteiger partial charge is 0.481 e. The Morgan fingerprint density at radius 3 is 2.65 bits per heavy atom. The minimum atomic E-state index is -0.918. The third-order valence-corrected chi connectivity index (χ3v) is 3.82. The summed E-state index contributed by atoms with van der Waals surface area (Å²) in [4.78, 5) is 10.8. The van der Waals surface area contributed by atoms with Gasteiger partial charge < -0.3 is 10.4 Å². The van der Waals surface area contributed by atoms with Crippen molar-refractivity contribution in [2.75, 3.05) is 11.9 Å². The Labute approximate surface area is 136 Å². The minimum Gasteiger partial charge on any atom is -0.481 e. The van der Waals surface area contributed by atoms with Crippen LogP contribution in [0.5, 0.6) is 0 Å². The van der Waals surface area contributed by atoms with Crippen LogP contribution in [-0.4, -0.2) is 17.6 Å². The summed E-state index contributed by atoms with van der Waals surface area (Å²) in [6.07, 6.45) is 1.88. The lowest BCUT2D eigenvalue weighted by Gasteiger charge is -2.13. The average molecular weight is 315 g/mol. The number of carbonyl (C=O) groups is 1. The van der Waals surface area contributed by atoms with E-state index in [-0.39, 0.29) is 18.2 Å². The topological polar surface area (TPSA) is 49.3 Å². The molecule has 1 unspecified atom stereocenters. The van der Waals surface area contributed by atoms with E-state index in [0.717, 1.165) is 25.1 Å². The molecule has 0 aromatic heterocycles. The highest BCUT2D eigenvalue weighted by atomic mass is 19.1. The molecule has 4 heteroatoms. The Balaban J connectivity index is 1.89. The number of benzene rings is 2. The van der Waals surface area contributed by atoms with Crippen molar-refractivity contribution >= 4 is 11.7 Å². The number of anilines is 1. The van der Waals surface area contributed by atoms with E-state index in [0.29, 0.717) is 5.56 Å². The van der Waals surface area contributed by atoms with Crippen molar-refractivity contribution in [1.82, 2.24) is 0 Å². The van der Waals surface area contributed by atoms with Crippen molar-refractivity contribution in [3.05, 3.63) is 65.5 Å². The third-order valence-electron chi connectivity index (χ3n) is 3.82. The molecular formula is C19H22FNO2. The van der Waals surface area contributed by atoms with Gasteiger partial charge in [0, 0.05) is 12.2 Å². The number of aliphatic carboxylic acids is 1. The fourth-order valence-corrected chi connectivity index (χ4v) is 2.57. The van der Waals surface area contributed by atoms with Gasteiger partial charge in [-0.2, -0.15) is 0 Å². The van der Waals surface area contributed by atoms with Gasteiger partial charge in [0.1, 0.15) is 5.82 Å². The molecule has 3 nitrogen and oxygen atoms in total. The highest BCUT2D eigenvalue weighted by Gasteiger charge is 2.15. The quantitative estimate of drug-likeness (QED) is 0.708. The molecule has 0 saturated carbocycles. The Morgan fingerprint density at radius 1 is 1.22 bits per heavy atom. The van der Waals surface area contributed by atoms with Gasteiger partial charge in [0.15, 0.2) is 0 Å². The number of hydrogen-bond donors (Lipinski definition) is 2. The summed E-state index contributed by atoms with van der Waals surface area (Å²) in [5.41, 5.74) is 2.57. The molecule has 0 radical (unpaired) electrons. The predicted molar refractivity (Wildman–Crippen MR) is 90.3 cm³/mol. The van der Waals surface area contributed by atoms with Crippen molar-refractivity contribution in [2.24, 2.45) is 0 Å². The van der Waals surface area contributed by atoms with E-state index in [2.05, 4.69) is 17.4 Å². The number of nitrogens with one attached hydrogen (secondary N) is 1. The van der Waals surface area contributed by atoms with Crippen LogP contribution in [0.2, 0.25) is 0 Å². The highest BCUT2D eigenvalue weighted by molar-refractivity contribution is 5.68. The summed E-state index contributed by atoms with van der Waals surface area (Å²) in [6, 6.07) is 15.1. The summed E-state index contributed by atoms with van der Waals surface area (Å²) >= 11 is 0. The van der Waals surface area contributed by atoms with Gasteiger partial charge in [-0.25, -0.2) is 4.39 Å². The molecule has 0 amide bonds. The Kier molecular flexibility index (Phi) is 6.15. The van der Waals surface area contributed by atoms with Crippen molar-refractivity contribution in [2.45, 2.75) is 32.1 Å². The van der Waals surface area contributed by atoms with E-state index in [1.165, 1.54) is 11.6 Å². The molecule has 0 aliphatic rings. The molecular weight excluding hydrogens is 293 g/mol. The van der Waals surface area contributed by atoms with Crippen LogP contribution in [0.25, 0.3) is 0 Å². The van der Waals surface area contributed by atoms with Gasteiger partial charge in [-0.05, 0) is 48.1 Å². The number of rotatable bonds is 8. The summed E-state index contributed by atoms with van der Waals surface area (Å²) in [7, 11) is 0. The lowest BCUT2D eigenvalue weighted by Crippen LogP contribution is -2.07. The van der Waals surface area contributed by atoms with Crippen molar-refractivity contribution in [3.63, 3.8) is 0 Å². The predicted octanol–water partition coefficient (Wildman–Crippen LogP) is 4.45. The van der Waals surface area contributed by atoms with E-state index in [1.807, 2.05) is 18.2 Å². The fourth-order valence-electron chi connectivity index (χ4n) is 2.57. The maximum atomic E-state index is 13.9. The fraction of sp³-hybridized carbons (Fsp3) is 0.316. The average Bonchev–Trinajstić information content (AvgIpc) is 2.53. The van der Waals surface area contributed by atoms with E-state index >= 15 is 0 Å². The Bertz CT molecular complexity index is 643. The van der Waals surface area contributed by atoms with E-state index in [4.69, 9.17) is 5.11 Å². The molecule has 0 saturated heterocycles. The zero-order valence-electron chi connectivity index (χ0n) is 13.3. The molecule has 2 rings (SSSR count). The number of aryl methyl sites for hydroxylation is 1. The number of carboxylic acids is 1. The first-order valence-corrected chi connectivity index (χ1v) is 7.85. The molecule has 2 N–H and O–H groups in total. The van der Waals surface area contributed by atoms with Crippen LogP contribution >= 0.6 is 0 Å². The van der Waals surface area contributed by atoms with Gasteiger partial charge in [-0.3, -0.25) is 4.79 Å². The second-order valence-electron chi connectivity index (χ2n) is 5.75. The van der Waals surface area contributed by atoms with E-state index < -0.39 is 5.97 Å². The zero-order valence-corrected chi connectivity index (χ0v) is 13.3. The van der Waals surface area contributed by atoms with Gasteiger partial charge in [0.25, 0.3) is 0 Å². The van der Waals surface area contributed by atoms with Crippen LogP contribution in [-0.2, 0) is 11.2 Å². The van der Waals surface area contributed by atoms with Crippen molar-refractivity contribution in [3.8, 4) is 0 Å². The van der Waals surface area contributed by atoms with Crippen LogP contribution in [0, 0.1) is 5.82 Å². The Hall–Kier alpha value is -2.36. The normalized spacial score (nSPS) is 11.9. The first kappa shape index (κ1) is 17.0. The van der Waals surface area contributed by atoms with Crippen molar-refractivity contribution < 1.29 is 14.3 Å². The second kappa shape index (κ2) is 8.32. The van der Waals surface area contributed by atoms with Crippen LogP contribution in [0.15, 0.2) is 48.5 Å². The summed E-state index contributed by atoms with van der Waals surface area (Å²) in [6.45, 7) is 2.51. The van der Waals surface area contributed by atoms with Crippen LogP contribution in [0.1, 0.15) is 36.8 Å². The summed E-state index contributed by atoms with van der Waals surface area (Å²) in [5, 5.41) is 12.1. The number of hydrogen-bond acceptors (Lipinski definition) is 2. The van der Waals surface area contributed by atoms with Crippen LogP contribution in [0.3, 0.4) is 0 Å². The lowest BCUT2D eigenvalue weighted by atomic mass is 9.97. The monoisotopic (exact) mass is 315 g/mol. The smallest absolute Gasteiger partial charge is 0.303 e. The molecule has 0 bridgehead atoms. The highest BCUT2D eigenvalue weighted by Crippen LogP contribution is 2.25. The molecule has 0 spiro atoms. The van der Waals surface area contributed by atoms with Gasteiger partial charge >= 0.3 is 5.97 Å². The zero-order chi connectivity index (χ0) is 16.7. The van der Waals surface area contributed by atoms with E-state index in [9.17, 15) is 9.18 Å². The third kappa shape index (κ3) is 5.40. The molecule has 0 fully saturated rings. The van der Waals surface area contributed by atoms with Gasteiger partial charge in [0.2, 0.25) is 0 Å². The van der Waals surface area contributed by atoms with Crippen LogP contribution < -0.4 is 5.32 Å². The summed E-state index contributed by atoms with van der Waals surface area (Å²) < 4.78 is 13.9. The van der Waals surface area contributed by atoms with Gasteiger partial charge in [0.05, 0.1) is 6.42 Å². The summed E-state index contributed by atoms with van der Waals surface area (Å²) in [5.74, 6) is -1.62. The second-order valence-corrected chi connectivity index (χ2v) is 5.75. The maximum Gasteiger partial charge on any atom is 0.303 e. The standard InChI is InChI=1S/C19H22FNO2/c1-14(12-19(22)23)17-13-16(9-10-18(17)20)21-11-5-8-15-6-3-2-4-7-15/h2-4,6-7,9-10,13-14,21H,5,8,11-12H2,1H3,(H,22,23). The molecule has 23 heavy (non-hydrogen) atoms. The van der Waals surface area contributed by atoms with Crippen molar-refractivity contribution in [1.29, 1.82) is 0 Å². The molecule has 122 valence electrons.